The lowest BCUT2D eigenvalue weighted by atomic mass is 9.88. The molecule has 0 bridgehead atoms. The third-order valence-corrected chi connectivity index (χ3v) is 8.03. The number of amides is 4. The van der Waals surface area contributed by atoms with Crippen molar-refractivity contribution in [3.63, 3.8) is 0 Å². The van der Waals surface area contributed by atoms with Gasteiger partial charge in [0.05, 0.1) is 13.1 Å². The number of nitrogens with one attached hydrogen (secondary N) is 3. The Hall–Kier alpha value is -3.84. The quantitative estimate of drug-likeness (QED) is 0.427. The standard InChI is InChI=1S/C26H29F3N6O5/c1-12-21(34-40-33-12)23(36)32-22(20(13-2-3-13)14-4-5-14)24(37)30-16-6-7-18-15(8-16)9-17(39-18)10-35-11-19(26(27,28)29)31-25(35)38/h6-8,13-14,17,19-20,22H,2-5,9-11H2,1H3,(H,30,37)(H,31,38)(H,32,36)/t17?,19-,22-/m0/s1. The fourth-order valence-corrected chi connectivity index (χ4v) is 5.77. The van der Waals surface area contributed by atoms with Crippen molar-refractivity contribution in [1.82, 2.24) is 25.8 Å². The second-order valence-corrected chi connectivity index (χ2v) is 11.1. The van der Waals surface area contributed by atoms with Gasteiger partial charge in [0, 0.05) is 12.1 Å². The molecule has 3 heterocycles. The van der Waals surface area contributed by atoms with E-state index in [1.807, 2.05) is 5.32 Å². The smallest absolute Gasteiger partial charge is 0.410 e. The summed E-state index contributed by atoms with van der Waals surface area (Å²) in [5.41, 5.74) is 1.64. The molecule has 2 aliphatic heterocycles. The topological polar surface area (TPSA) is 139 Å². The zero-order valence-corrected chi connectivity index (χ0v) is 21.7. The second-order valence-electron chi connectivity index (χ2n) is 11.1. The second kappa shape index (κ2) is 9.97. The molecule has 3 atom stereocenters. The number of benzene rings is 1. The average Bonchev–Trinajstić information content (AvgIpc) is 3.79. The first-order valence-electron chi connectivity index (χ1n) is 13.4. The lowest BCUT2D eigenvalue weighted by Crippen LogP contribution is -2.50. The van der Waals surface area contributed by atoms with Crippen LogP contribution in [0.25, 0.3) is 0 Å². The van der Waals surface area contributed by atoms with Crippen molar-refractivity contribution in [2.24, 2.45) is 17.8 Å². The maximum atomic E-state index is 13.6. The number of nitrogens with zero attached hydrogens (tertiary/aromatic N) is 3. The lowest BCUT2D eigenvalue weighted by molar-refractivity contribution is -0.150. The van der Waals surface area contributed by atoms with E-state index in [9.17, 15) is 27.6 Å². The van der Waals surface area contributed by atoms with E-state index >= 15 is 0 Å². The first-order chi connectivity index (χ1) is 19.1. The van der Waals surface area contributed by atoms with Gasteiger partial charge in [-0.15, -0.1) is 0 Å². The number of fused-ring (bicyclic) bond motifs is 1. The van der Waals surface area contributed by atoms with Gasteiger partial charge in [-0.05, 0) is 79.3 Å². The molecular weight excluding hydrogens is 533 g/mol. The fourth-order valence-electron chi connectivity index (χ4n) is 5.77. The molecule has 1 saturated heterocycles. The molecule has 2 aliphatic carbocycles. The zero-order chi connectivity index (χ0) is 28.2. The number of halogens is 3. The van der Waals surface area contributed by atoms with Gasteiger partial charge in [-0.2, -0.15) is 13.2 Å². The van der Waals surface area contributed by atoms with Crippen LogP contribution in [0.1, 0.15) is 47.4 Å². The van der Waals surface area contributed by atoms with Crippen LogP contribution in [0.3, 0.4) is 0 Å². The molecular formula is C26H29F3N6O5. The number of urea groups is 1. The van der Waals surface area contributed by atoms with Gasteiger partial charge in [-0.25, -0.2) is 9.42 Å². The van der Waals surface area contributed by atoms with Crippen molar-refractivity contribution < 1.29 is 36.9 Å². The summed E-state index contributed by atoms with van der Waals surface area (Å²) in [6.45, 7) is 1.13. The molecule has 1 unspecified atom stereocenters. The molecule has 11 nitrogen and oxygen atoms in total. The molecule has 3 fully saturated rings. The summed E-state index contributed by atoms with van der Waals surface area (Å²) in [5, 5.41) is 15.1. The summed E-state index contributed by atoms with van der Waals surface area (Å²) >= 11 is 0. The predicted molar refractivity (Wildman–Crippen MR) is 132 cm³/mol. The van der Waals surface area contributed by atoms with E-state index in [-0.39, 0.29) is 24.1 Å². The van der Waals surface area contributed by atoms with E-state index in [0.717, 1.165) is 36.1 Å². The van der Waals surface area contributed by atoms with E-state index in [1.165, 1.54) is 0 Å². The molecule has 214 valence electrons. The van der Waals surface area contributed by atoms with E-state index in [1.54, 1.807) is 25.1 Å². The maximum Gasteiger partial charge on any atom is 0.410 e. The van der Waals surface area contributed by atoms with E-state index in [2.05, 4.69) is 25.6 Å². The number of hydrogen-bond acceptors (Lipinski definition) is 7. The largest absolute Gasteiger partial charge is 0.488 e. The van der Waals surface area contributed by atoms with Gasteiger partial charge in [0.25, 0.3) is 5.91 Å². The zero-order valence-electron chi connectivity index (χ0n) is 21.7. The summed E-state index contributed by atoms with van der Waals surface area (Å²) in [4.78, 5) is 39.7. The van der Waals surface area contributed by atoms with E-state index in [0.29, 0.717) is 35.4 Å². The number of aryl methyl sites for hydroxylation is 1. The van der Waals surface area contributed by atoms with Gasteiger partial charge >= 0.3 is 12.2 Å². The van der Waals surface area contributed by atoms with Crippen LogP contribution in [0, 0.1) is 24.7 Å². The molecule has 1 aromatic heterocycles. The van der Waals surface area contributed by atoms with Crippen LogP contribution >= 0.6 is 0 Å². The summed E-state index contributed by atoms with van der Waals surface area (Å²) in [6.07, 6.45) is -0.603. The molecule has 0 radical (unpaired) electrons. The molecule has 1 aromatic carbocycles. The Balaban J connectivity index is 1.12. The molecule has 40 heavy (non-hydrogen) atoms. The van der Waals surface area contributed by atoms with Crippen molar-refractivity contribution in [3.8, 4) is 5.75 Å². The van der Waals surface area contributed by atoms with Gasteiger partial charge in [-0.3, -0.25) is 9.59 Å². The summed E-state index contributed by atoms with van der Waals surface area (Å²) in [7, 11) is 0. The first kappa shape index (κ1) is 26.4. The number of rotatable bonds is 9. The highest BCUT2D eigenvalue weighted by Gasteiger charge is 2.49. The Kier molecular flexibility index (Phi) is 6.57. The van der Waals surface area contributed by atoms with Gasteiger partial charge in [-0.1, -0.05) is 5.16 Å². The molecule has 2 aromatic rings. The monoisotopic (exact) mass is 562 g/mol. The molecule has 14 heteroatoms. The SMILES string of the molecule is Cc1nonc1C(=O)N[C@H](C(=O)Nc1ccc2c(c1)CC(CN1C[C@@H](C(F)(F)F)NC1=O)O2)C(C1CC1)C1CC1. The van der Waals surface area contributed by atoms with Crippen LogP contribution in [-0.2, 0) is 11.2 Å². The van der Waals surface area contributed by atoms with Gasteiger partial charge < -0.3 is 25.6 Å². The maximum absolute atomic E-state index is 13.6. The molecule has 6 rings (SSSR count). The molecule has 3 N–H and O–H groups in total. The third-order valence-electron chi connectivity index (χ3n) is 8.03. The van der Waals surface area contributed by atoms with Crippen molar-refractivity contribution in [1.29, 1.82) is 0 Å². The number of carbonyl (C=O) groups excluding carboxylic acids is 3. The molecule has 4 amide bonds. The molecule has 2 saturated carbocycles. The van der Waals surface area contributed by atoms with Crippen LogP contribution in [0.5, 0.6) is 5.75 Å². The van der Waals surface area contributed by atoms with E-state index in [4.69, 9.17) is 4.74 Å². The normalized spacial score (nSPS) is 23.0. The minimum absolute atomic E-state index is 0.00364. The van der Waals surface area contributed by atoms with Crippen LogP contribution in [0.4, 0.5) is 23.7 Å². The summed E-state index contributed by atoms with van der Waals surface area (Å²) < 4.78 is 49.5. The number of alkyl halides is 3. The van der Waals surface area contributed by atoms with Crippen LogP contribution in [-0.4, -0.2) is 70.5 Å². The summed E-state index contributed by atoms with van der Waals surface area (Å²) in [5.74, 6) is 0.437. The van der Waals surface area contributed by atoms with Crippen molar-refractivity contribution in [2.75, 3.05) is 18.4 Å². The van der Waals surface area contributed by atoms with Crippen molar-refractivity contribution in [2.45, 2.75) is 63.4 Å². The van der Waals surface area contributed by atoms with E-state index < -0.39 is 42.8 Å². The molecule has 4 aliphatic rings. The van der Waals surface area contributed by atoms with Gasteiger partial charge in [0.1, 0.15) is 29.6 Å². The predicted octanol–water partition coefficient (Wildman–Crippen LogP) is 2.81. The van der Waals surface area contributed by atoms with Crippen LogP contribution < -0.4 is 20.7 Å². The highest BCUT2D eigenvalue weighted by molar-refractivity contribution is 6.01. The number of ether oxygens (including phenoxy) is 1. The van der Waals surface area contributed by atoms with Crippen LogP contribution in [0.15, 0.2) is 22.8 Å². The lowest BCUT2D eigenvalue weighted by Gasteiger charge is -2.27. The van der Waals surface area contributed by atoms with Crippen molar-refractivity contribution in [3.05, 3.63) is 35.2 Å². The number of anilines is 1. The minimum atomic E-state index is -4.52. The van der Waals surface area contributed by atoms with Gasteiger partial charge in [0.15, 0.2) is 5.69 Å². The number of hydrogen-bond donors (Lipinski definition) is 3. The van der Waals surface area contributed by atoms with Gasteiger partial charge in [0.2, 0.25) is 5.91 Å². The highest BCUT2D eigenvalue weighted by Crippen LogP contribution is 2.51. The Morgan fingerprint density at radius 3 is 2.50 bits per heavy atom. The van der Waals surface area contributed by atoms with Crippen molar-refractivity contribution >= 4 is 23.5 Å². The molecule has 0 spiro atoms. The highest BCUT2D eigenvalue weighted by atomic mass is 19.4. The Labute approximate surface area is 227 Å². The average molecular weight is 563 g/mol. The summed E-state index contributed by atoms with van der Waals surface area (Å²) in [6, 6.07) is 1.67. The first-order valence-corrected chi connectivity index (χ1v) is 13.4. The van der Waals surface area contributed by atoms with Crippen LogP contribution in [0.2, 0.25) is 0 Å². The number of aromatic nitrogens is 2. The minimum Gasteiger partial charge on any atom is -0.488 e. The third kappa shape index (κ3) is 5.43. The Bertz CT molecular complexity index is 1310. The Morgan fingerprint density at radius 1 is 1.18 bits per heavy atom. The fraction of sp³-hybridized carbons (Fsp3) is 0.577. The number of carbonyl (C=O) groups is 3. The Morgan fingerprint density at radius 2 is 1.90 bits per heavy atom.